The van der Waals surface area contributed by atoms with Crippen molar-refractivity contribution in [1.82, 2.24) is 4.98 Å². The summed E-state index contributed by atoms with van der Waals surface area (Å²) in [5, 5.41) is 0.547. The zero-order chi connectivity index (χ0) is 9.68. The van der Waals surface area contributed by atoms with Crippen molar-refractivity contribution in [3.05, 3.63) is 34.6 Å². The summed E-state index contributed by atoms with van der Waals surface area (Å²) in [6.07, 6.45) is 6.53. The Morgan fingerprint density at radius 2 is 2.31 bits per heavy atom. The smallest absolute Gasteiger partial charge is 0.136 e. The van der Waals surface area contributed by atoms with E-state index in [9.17, 15) is 0 Å². The van der Waals surface area contributed by atoms with E-state index in [1.54, 1.807) is 6.20 Å². The minimum atomic E-state index is 0.547. The maximum Gasteiger partial charge on any atom is 0.136 e. The minimum Gasteiger partial charge on any atom is -0.244 e. The van der Waals surface area contributed by atoms with E-state index < -0.39 is 0 Å². The van der Waals surface area contributed by atoms with E-state index >= 15 is 0 Å². The summed E-state index contributed by atoms with van der Waals surface area (Å²) in [5.74, 6) is 0.632. The molecule has 0 atom stereocenters. The van der Waals surface area contributed by atoms with Crippen molar-refractivity contribution in [2.75, 3.05) is 5.88 Å². The molecule has 3 heteroatoms. The molecule has 0 unspecified atom stereocenters. The fourth-order valence-corrected chi connectivity index (χ4v) is 1.40. The molecule has 0 N–H and O–H groups in total. The van der Waals surface area contributed by atoms with Crippen LogP contribution in [0.3, 0.4) is 0 Å². The van der Waals surface area contributed by atoms with E-state index in [4.69, 9.17) is 23.2 Å². The van der Waals surface area contributed by atoms with Gasteiger partial charge in [-0.25, -0.2) is 4.98 Å². The average Bonchev–Trinajstić information content (AvgIpc) is 2.10. The summed E-state index contributed by atoms with van der Waals surface area (Å²) in [7, 11) is 0. The Bertz CT molecular complexity index is 288. The number of pyridine rings is 1. The third kappa shape index (κ3) is 3.02. The van der Waals surface area contributed by atoms with Gasteiger partial charge in [0.2, 0.25) is 0 Å². The molecule has 1 rings (SSSR count). The van der Waals surface area contributed by atoms with E-state index in [0.717, 1.165) is 17.5 Å². The molecule has 0 radical (unpaired) electrons. The van der Waals surface area contributed by atoms with Gasteiger partial charge in [-0.1, -0.05) is 23.8 Å². The first-order valence-corrected chi connectivity index (χ1v) is 5.00. The number of hydrogen-bond donors (Lipinski definition) is 0. The van der Waals surface area contributed by atoms with Crippen LogP contribution in [0.4, 0.5) is 0 Å². The second-order valence-electron chi connectivity index (χ2n) is 2.71. The molecule has 0 aliphatic heterocycles. The van der Waals surface area contributed by atoms with Gasteiger partial charge in [0.05, 0.1) is 0 Å². The summed E-state index contributed by atoms with van der Waals surface area (Å²) in [5.41, 5.74) is 2.11. The van der Waals surface area contributed by atoms with Gasteiger partial charge in [0.1, 0.15) is 5.15 Å². The molecule has 0 spiro atoms. The van der Waals surface area contributed by atoms with Crippen molar-refractivity contribution in [1.29, 1.82) is 0 Å². The van der Waals surface area contributed by atoms with Crippen LogP contribution < -0.4 is 0 Å². The topological polar surface area (TPSA) is 12.9 Å². The van der Waals surface area contributed by atoms with Gasteiger partial charge in [-0.3, -0.25) is 0 Å². The van der Waals surface area contributed by atoms with Crippen LogP contribution in [-0.2, 0) is 0 Å². The summed E-state index contributed by atoms with van der Waals surface area (Å²) in [6, 6.07) is 1.94. The number of allylic oxidation sites excluding steroid dienone is 1. The van der Waals surface area contributed by atoms with Crippen LogP contribution in [0, 0.1) is 6.92 Å². The number of hydrogen-bond acceptors (Lipinski definition) is 1. The van der Waals surface area contributed by atoms with Crippen LogP contribution in [0.2, 0.25) is 5.15 Å². The Kier molecular flexibility index (Phi) is 4.26. The van der Waals surface area contributed by atoms with E-state index in [1.165, 1.54) is 0 Å². The summed E-state index contributed by atoms with van der Waals surface area (Å²) < 4.78 is 0. The van der Waals surface area contributed by atoms with Crippen molar-refractivity contribution in [3.63, 3.8) is 0 Å². The van der Waals surface area contributed by atoms with Crippen molar-refractivity contribution in [2.24, 2.45) is 0 Å². The largest absolute Gasteiger partial charge is 0.244 e. The molecule has 1 aromatic rings. The third-order valence-electron chi connectivity index (χ3n) is 1.72. The highest BCUT2D eigenvalue weighted by Crippen LogP contribution is 2.18. The number of aromatic nitrogens is 1. The molecule has 1 aromatic heterocycles. The second-order valence-corrected chi connectivity index (χ2v) is 3.45. The van der Waals surface area contributed by atoms with Crippen LogP contribution >= 0.6 is 23.2 Å². The third-order valence-corrected chi connectivity index (χ3v) is 2.24. The van der Waals surface area contributed by atoms with Crippen LogP contribution in [0.1, 0.15) is 17.5 Å². The van der Waals surface area contributed by atoms with Gasteiger partial charge in [0.25, 0.3) is 0 Å². The fourth-order valence-electron chi connectivity index (χ4n) is 1.00. The SMILES string of the molecule is Cc1ccnc(Cl)c1C=CCCCl. The van der Waals surface area contributed by atoms with Crippen LogP contribution in [0.25, 0.3) is 6.08 Å². The van der Waals surface area contributed by atoms with Gasteiger partial charge in [0, 0.05) is 17.6 Å². The number of alkyl halides is 1. The van der Waals surface area contributed by atoms with Crippen molar-refractivity contribution in [3.8, 4) is 0 Å². The standard InChI is InChI=1S/C10H11Cl2N/c1-8-5-7-13-10(12)9(8)4-2-3-6-11/h2,4-5,7H,3,6H2,1H3. The number of rotatable bonds is 3. The monoisotopic (exact) mass is 215 g/mol. The summed E-state index contributed by atoms with van der Waals surface area (Å²) >= 11 is 11.5. The zero-order valence-corrected chi connectivity index (χ0v) is 8.94. The van der Waals surface area contributed by atoms with Crippen molar-refractivity contribution < 1.29 is 0 Å². The lowest BCUT2D eigenvalue weighted by atomic mass is 10.1. The normalized spacial score (nSPS) is 11.0. The lowest BCUT2D eigenvalue weighted by Gasteiger charge is -2.00. The molecular formula is C10H11Cl2N. The van der Waals surface area contributed by atoms with E-state index in [1.807, 2.05) is 25.1 Å². The molecule has 0 aromatic carbocycles. The summed E-state index contributed by atoms with van der Waals surface area (Å²) in [4.78, 5) is 4.00. The first-order valence-electron chi connectivity index (χ1n) is 4.09. The maximum atomic E-state index is 5.91. The Balaban J connectivity index is 2.87. The second kappa shape index (κ2) is 5.25. The molecule has 1 heterocycles. The van der Waals surface area contributed by atoms with Crippen LogP contribution in [0.5, 0.6) is 0 Å². The van der Waals surface area contributed by atoms with Crippen LogP contribution in [0.15, 0.2) is 18.3 Å². The quantitative estimate of drug-likeness (QED) is 0.554. The molecule has 1 nitrogen and oxygen atoms in total. The molecule has 0 saturated carbocycles. The predicted octanol–water partition coefficient (Wildman–Crippen LogP) is 3.69. The van der Waals surface area contributed by atoms with Crippen LogP contribution in [-0.4, -0.2) is 10.9 Å². The van der Waals surface area contributed by atoms with Gasteiger partial charge in [-0.05, 0) is 25.0 Å². The van der Waals surface area contributed by atoms with Gasteiger partial charge < -0.3 is 0 Å². The average molecular weight is 216 g/mol. The lowest BCUT2D eigenvalue weighted by molar-refractivity contribution is 1.23. The number of nitrogens with zero attached hydrogens (tertiary/aromatic N) is 1. The van der Waals surface area contributed by atoms with Gasteiger partial charge >= 0.3 is 0 Å². The van der Waals surface area contributed by atoms with Crippen molar-refractivity contribution >= 4 is 29.3 Å². The molecule has 13 heavy (non-hydrogen) atoms. The molecule has 70 valence electrons. The Hall–Kier alpha value is -0.530. The lowest BCUT2D eigenvalue weighted by Crippen LogP contribution is -1.85. The van der Waals surface area contributed by atoms with Crippen molar-refractivity contribution in [2.45, 2.75) is 13.3 Å². The predicted molar refractivity (Wildman–Crippen MR) is 58.4 cm³/mol. The number of aryl methyl sites for hydroxylation is 1. The molecule has 0 fully saturated rings. The molecule has 0 aliphatic rings. The molecule has 0 amide bonds. The molecule has 0 saturated heterocycles. The van der Waals surface area contributed by atoms with E-state index in [2.05, 4.69) is 4.98 Å². The van der Waals surface area contributed by atoms with Gasteiger partial charge in [-0.2, -0.15) is 0 Å². The summed E-state index contributed by atoms with van der Waals surface area (Å²) in [6.45, 7) is 2.01. The highest BCUT2D eigenvalue weighted by atomic mass is 35.5. The fraction of sp³-hybridized carbons (Fsp3) is 0.300. The Morgan fingerprint density at radius 3 is 2.92 bits per heavy atom. The highest BCUT2D eigenvalue weighted by Gasteiger charge is 1.99. The molecule has 0 aliphatic carbocycles. The van der Waals surface area contributed by atoms with Gasteiger partial charge in [-0.15, -0.1) is 11.6 Å². The van der Waals surface area contributed by atoms with E-state index in [0.29, 0.717) is 11.0 Å². The highest BCUT2D eigenvalue weighted by molar-refractivity contribution is 6.30. The molecular weight excluding hydrogens is 205 g/mol. The van der Waals surface area contributed by atoms with E-state index in [-0.39, 0.29) is 0 Å². The first-order chi connectivity index (χ1) is 6.25. The first kappa shape index (κ1) is 10.6. The zero-order valence-electron chi connectivity index (χ0n) is 7.43. The molecule has 0 bridgehead atoms. The minimum absolute atomic E-state index is 0.547. The maximum absolute atomic E-state index is 5.91. The Labute approximate surface area is 88.4 Å². The Morgan fingerprint density at radius 1 is 1.54 bits per heavy atom. The number of halogens is 2. The van der Waals surface area contributed by atoms with Gasteiger partial charge in [0.15, 0.2) is 0 Å².